The Morgan fingerprint density at radius 1 is 0.933 bits per heavy atom. The van der Waals surface area contributed by atoms with Gasteiger partial charge in [-0.1, -0.05) is 18.2 Å². The summed E-state index contributed by atoms with van der Waals surface area (Å²) in [4.78, 5) is 23.6. The van der Waals surface area contributed by atoms with E-state index in [2.05, 4.69) is 10.6 Å². The van der Waals surface area contributed by atoms with Gasteiger partial charge in [-0.2, -0.15) is 13.2 Å². The van der Waals surface area contributed by atoms with Gasteiger partial charge in [0.15, 0.2) is 0 Å². The number of carbonyl (C=O) groups excluding carboxylic acids is 2. The van der Waals surface area contributed by atoms with Gasteiger partial charge in [0.25, 0.3) is 15.7 Å². The van der Waals surface area contributed by atoms with Crippen LogP contribution >= 0.6 is 0 Å². The smallest absolute Gasteiger partial charge is 0.444 e. The van der Waals surface area contributed by atoms with Crippen molar-refractivity contribution in [3.05, 3.63) is 54.1 Å². The SMILES string of the molecule is CC(C)(C)OC(=O)Nc1ccccc1C(=O)Nc1cccc(S(=O)(=O)C(F)(F)F)c1. The fourth-order valence-corrected chi connectivity index (χ4v) is 3.08. The molecule has 0 atom stereocenters. The van der Waals surface area contributed by atoms with Crippen LogP contribution in [0.1, 0.15) is 31.1 Å². The van der Waals surface area contributed by atoms with Gasteiger partial charge < -0.3 is 10.1 Å². The summed E-state index contributed by atoms with van der Waals surface area (Å²) in [5.41, 5.74) is -6.32. The number of hydrogen-bond donors (Lipinski definition) is 2. The van der Waals surface area contributed by atoms with E-state index in [9.17, 15) is 31.2 Å². The van der Waals surface area contributed by atoms with Gasteiger partial charge in [0.1, 0.15) is 5.60 Å². The van der Waals surface area contributed by atoms with Gasteiger partial charge in [0.2, 0.25) is 0 Å². The van der Waals surface area contributed by atoms with E-state index in [1.54, 1.807) is 26.8 Å². The Labute approximate surface area is 171 Å². The first kappa shape index (κ1) is 23.2. The molecule has 2 rings (SSSR count). The molecule has 2 aromatic rings. The van der Waals surface area contributed by atoms with E-state index in [4.69, 9.17) is 4.74 Å². The maximum atomic E-state index is 12.7. The van der Waals surface area contributed by atoms with Crippen LogP contribution in [-0.4, -0.2) is 31.5 Å². The van der Waals surface area contributed by atoms with Crippen molar-refractivity contribution < 1.29 is 35.9 Å². The summed E-state index contributed by atoms with van der Waals surface area (Å²) < 4.78 is 66.5. The molecule has 2 aromatic carbocycles. The first-order valence-electron chi connectivity index (χ1n) is 8.52. The monoisotopic (exact) mass is 444 g/mol. The lowest BCUT2D eigenvalue weighted by Crippen LogP contribution is -2.28. The first-order valence-corrected chi connectivity index (χ1v) is 10.0. The van der Waals surface area contributed by atoms with Gasteiger partial charge in [-0.15, -0.1) is 0 Å². The van der Waals surface area contributed by atoms with Crippen molar-refractivity contribution in [2.24, 2.45) is 0 Å². The number of nitrogens with one attached hydrogen (secondary N) is 2. The predicted octanol–water partition coefficient (Wildman–Crippen LogP) is 4.58. The van der Waals surface area contributed by atoms with Gasteiger partial charge in [0, 0.05) is 5.69 Å². The Bertz CT molecular complexity index is 1060. The van der Waals surface area contributed by atoms with Crippen molar-refractivity contribution >= 4 is 33.2 Å². The highest BCUT2D eigenvalue weighted by atomic mass is 32.2. The molecule has 2 N–H and O–H groups in total. The number of carbonyl (C=O) groups is 2. The van der Waals surface area contributed by atoms with Crippen molar-refractivity contribution in [1.82, 2.24) is 0 Å². The molecular formula is C19H19F3N2O5S. The van der Waals surface area contributed by atoms with Crippen LogP contribution in [-0.2, 0) is 14.6 Å². The van der Waals surface area contributed by atoms with Crippen molar-refractivity contribution in [3.8, 4) is 0 Å². The second-order valence-corrected chi connectivity index (χ2v) is 9.04. The number of hydrogen-bond acceptors (Lipinski definition) is 5. The van der Waals surface area contributed by atoms with Crippen LogP contribution in [0.25, 0.3) is 0 Å². The largest absolute Gasteiger partial charge is 0.501 e. The second kappa shape index (κ2) is 8.34. The normalized spacial score (nSPS) is 12.2. The van der Waals surface area contributed by atoms with Crippen LogP contribution in [0.5, 0.6) is 0 Å². The average Bonchev–Trinajstić information content (AvgIpc) is 2.59. The summed E-state index contributed by atoms with van der Waals surface area (Å²) in [6.45, 7) is 4.98. The molecule has 0 fully saturated rings. The maximum Gasteiger partial charge on any atom is 0.501 e. The summed E-state index contributed by atoms with van der Waals surface area (Å²) in [6, 6.07) is 9.65. The molecule has 0 radical (unpaired) electrons. The standard InChI is InChI=1S/C19H19F3N2O5S/c1-18(2,3)29-17(26)24-15-10-5-4-9-14(15)16(25)23-12-7-6-8-13(11-12)30(27,28)19(20,21)22/h4-11H,1-3H3,(H,23,25)(H,24,26). The number of amides is 2. The van der Waals surface area contributed by atoms with E-state index in [1.165, 1.54) is 24.3 Å². The zero-order valence-corrected chi connectivity index (χ0v) is 17.0. The molecule has 11 heteroatoms. The van der Waals surface area contributed by atoms with Crippen LogP contribution < -0.4 is 10.6 Å². The molecule has 7 nitrogen and oxygen atoms in total. The molecule has 0 aliphatic rings. The quantitative estimate of drug-likeness (QED) is 0.719. The molecule has 0 saturated carbocycles. The minimum absolute atomic E-state index is 0.00700. The number of sulfone groups is 1. The van der Waals surface area contributed by atoms with Crippen LogP contribution in [0.15, 0.2) is 53.4 Å². The van der Waals surface area contributed by atoms with Gasteiger partial charge in [0.05, 0.1) is 16.1 Å². The highest BCUT2D eigenvalue weighted by Crippen LogP contribution is 2.31. The molecule has 0 heterocycles. The minimum Gasteiger partial charge on any atom is -0.444 e. The van der Waals surface area contributed by atoms with Crippen LogP contribution in [0.2, 0.25) is 0 Å². The highest BCUT2D eigenvalue weighted by molar-refractivity contribution is 7.92. The van der Waals surface area contributed by atoms with Crippen molar-refractivity contribution in [3.63, 3.8) is 0 Å². The fourth-order valence-electron chi connectivity index (χ4n) is 2.28. The lowest BCUT2D eigenvalue weighted by molar-refractivity contribution is -0.0436. The van der Waals surface area contributed by atoms with Crippen molar-refractivity contribution in [2.45, 2.75) is 36.8 Å². The third-order valence-electron chi connectivity index (χ3n) is 3.51. The summed E-state index contributed by atoms with van der Waals surface area (Å²) in [5, 5.41) is 4.74. The molecule has 0 bridgehead atoms. The zero-order chi connectivity index (χ0) is 22.7. The molecular weight excluding hydrogens is 425 g/mol. The summed E-state index contributed by atoms with van der Waals surface area (Å²) in [7, 11) is -5.57. The van der Waals surface area contributed by atoms with E-state index >= 15 is 0 Å². The van der Waals surface area contributed by atoms with Gasteiger partial charge in [-0.3, -0.25) is 10.1 Å². The zero-order valence-electron chi connectivity index (χ0n) is 16.2. The van der Waals surface area contributed by atoms with E-state index in [0.29, 0.717) is 6.07 Å². The average molecular weight is 444 g/mol. The highest BCUT2D eigenvalue weighted by Gasteiger charge is 2.46. The Morgan fingerprint density at radius 2 is 1.57 bits per heavy atom. The number of halogens is 3. The molecule has 0 aliphatic heterocycles. The third kappa shape index (κ3) is 5.72. The molecule has 0 unspecified atom stereocenters. The lowest BCUT2D eigenvalue weighted by atomic mass is 10.1. The maximum absolute atomic E-state index is 12.7. The third-order valence-corrected chi connectivity index (χ3v) is 5.00. The summed E-state index contributed by atoms with van der Waals surface area (Å²) in [5.74, 6) is -0.775. The Balaban J connectivity index is 2.26. The van der Waals surface area contributed by atoms with E-state index < -0.39 is 37.8 Å². The topological polar surface area (TPSA) is 102 Å². The van der Waals surface area contributed by atoms with Crippen molar-refractivity contribution in [2.75, 3.05) is 10.6 Å². The second-order valence-electron chi connectivity index (χ2n) is 7.10. The number of ether oxygens (including phenoxy) is 1. The molecule has 0 saturated heterocycles. The molecule has 162 valence electrons. The number of alkyl halides is 3. The molecule has 2 amide bonds. The Morgan fingerprint density at radius 3 is 2.17 bits per heavy atom. The molecule has 0 aliphatic carbocycles. The summed E-state index contributed by atoms with van der Waals surface area (Å²) >= 11 is 0. The fraction of sp³-hybridized carbons (Fsp3) is 0.263. The predicted molar refractivity (Wildman–Crippen MR) is 104 cm³/mol. The molecule has 0 aromatic heterocycles. The first-order chi connectivity index (χ1) is 13.7. The number of rotatable bonds is 4. The Hall–Kier alpha value is -3.08. The molecule has 0 spiro atoms. The molecule has 30 heavy (non-hydrogen) atoms. The van der Waals surface area contributed by atoms with E-state index in [-0.39, 0.29) is 16.9 Å². The van der Waals surface area contributed by atoms with Crippen molar-refractivity contribution in [1.29, 1.82) is 0 Å². The number of para-hydroxylation sites is 1. The van der Waals surface area contributed by atoms with Gasteiger partial charge in [-0.05, 0) is 51.1 Å². The minimum atomic E-state index is -5.57. The van der Waals surface area contributed by atoms with E-state index in [1.807, 2.05) is 0 Å². The van der Waals surface area contributed by atoms with Gasteiger partial charge in [-0.25, -0.2) is 13.2 Å². The Kier molecular flexibility index (Phi) is 6.45. The van der Waals surface area contributed by atoms with E-state index in [0.717, 1.165) is 12.1 Å². The van der Waals surface area contributed by atoms with Crippen LogP contribution in [0, 0.1) is 0 Å². The van der Waals surface area contributed by atoms with Crippen LogP contribution in [0.4, 0.5) is 29.3 Å². The number of benzene rings is 2. The number of anilines is 2. The van der Waals surface area contributed by atoms with Gasteiger partial charge >= 0.3 is 11.6 Å². The lowest BCUT2D eigenvalue weighted by Gasteiger charge is -2.20. The van der Waals surface area contributed by atoms with Crippen LogP contribution in [0.3, 0.4) is 0 Å². The summed E-state index contributed by atoms with van der Waals surface area (Å²) in [6.07, 6.45) is -0.805.